The molecule has 1 fully saturated rings. The maximum atomic E-state index is 12.4. The molecule has 0 aliphatic heterocycles. The van der Waals surface area contributed by atoms with E-state index in [0.717, 1.165) is 24.0 Å². The first kappa shape index (κ1) is 19.5. The molecule has 7 heteroatoms. The van der Waals surface area contributed by atoms with Crippen LogP contribution in [-0.4, -0.2) is 23.5 Å². The number of nitrogens with two attached hydrogens (primary N) is 1. The van der Waals surface area contributed by atoms with E-state index in [1.807, 2.05) is 31.2 Å². The van der Waals surface area contributed by atoms with Crippen molar-refractivity contribution in [3.63, 3.8) is 0 Å². The molecule has 126 valence electrons. The lowest BCUT2D eigenvalue weighted by Gasteiger charge is -2.15. The highest BCUT2D eigenvalue weighted by atomic mass is 35.5. The topological polar surface area (TPSA) is 81.2 Å². The number of carbonyl (C=O) groups is 1. The first-order valence-corrected chi connectivity index (χ1v) is 7.20. The molecule has 5 nitrogen and oxygen atoms in total. The Morgan fingerprint density at radius 3 is 2.57 bits per heavy atom. The summed E-state index contributed by atoms with van der Waals surface area (Å²) in [4.78, 5) is 16.4. The Morgan fingerprint density at radius 1 is 1.35 bits per heavy atom. The minimum Gasteiger partial charge on any atom is -0.443 e. The van der Waals surface area contributed by atoms with Gasteiger partial charge >= 0.3 is 0 Å². The van der Waals surface area contributed by atoms with Crippen LogP contribution < -0.4 is 11.1 Å². The van der Waals surface area contributed by atoms with Crippen LogP contribution in [0.2, 0.25) is 0 Å². The van der Waals surface area contributed by atoms with E-state index < -0.39 is 0 Å². The highest BCUT2D eigenvalue weighted by Gasteiger charge is 2.32. The van der Waals surface area contributed by atoms with E-state index in [2.05, 4.69) is 10.3 Å². The molecular weight excluding hydrogens is 337 g/mol. The van der Waals surface area contributed by atoms with Crippen LogP contribution in [0.3, 0.4) is 0 Å². The first-order chi connectivity index (χ1) is 10.2. The third-order valence-corrected chi connectivity index (χ3v) is 3.86. The summed E-state index contributed by atoms with van der Waals surface area (Å²) in [5.41, 5.74) is 8.04. The summed E-state index contributed by atoms with van der Waals surface area (Å²) in [7, 11) is 0. The minimum atomic E-state index is -0.221. The van der Waals surface area contributed by atoms with Crippen LogP contribution in [0.25, 0.3) is 11.3 Å². The second kappa shape index (κ2) is 8.34. The molecule has 0 saturated heterocycles. The summed E-state index contributed by atoms with van der Waals surface area (Å²) in [6.07, 6.45) is 3.57. The Morgan fingerprint density at radius 2 is 2.00 bits per heavy atom. The van der Waals surface area contributed by atoms with E-state index in [0.29, 0.717) is 23.9 Å². The number of hydrogen-bond donors (Lipinski definition) is 2. The lowest BCUT2D eigenvalue weighted by atomic mass is 10.1. The normalized spacial score (nSPS) is 14.3. The van der Waals surface area contributed by atoms with Crippen LogP contribution in [0.1, 0.15) is 28.9 Å². The predicted octanol–water partition coefficient (Wildman–Crippen LogP) is 2.96. The molecule has 0 spiro atoms. The quantitative estimate of drug-likeness (QED) is 0.861. The van der Waals surface area contributed by atoms with Crippen LogP contribution in [0, 0.1) is 12.8 Å². The highest BCUT2D eigenvalue weighted by molar-refractivity contribution is 5.97. The van der Waals surface area contributed by atoms with Crippen LogP contribution in [-0.2, 0) is 0 Å². The summed E-state index contributed by atoms with van der Waals surface area (Å²) >= 11 is 0. The molecule has 23 heavy (non-hydrogen) atoms. The second-order valence-corrected chi connectivity index (χ2v) is 5.55. The third kappa shape index (κ3) is 4.47. The van der Waals surface area contributed by atoms with Gasteiger partial charge in [-0.2, -0.15) is 0 Å². The molecule has 1 aliphatic carbocycles. The van der Waals surface area contributed by atoms with Crippen molar-refractivity contribution in [2.24, 2.45) is 11.7 Å². The molecule has 2 aromatic rings. The van der Waals surface area contributed by atoms with Crippen molar-refractivity contribution in [3.05, 3.63) is 41.9 Å². The Bertz CT molecular complexity index is 639. The molecule has 1 aromatic heterocycles. The number of rotatable bonds is 5. The van der Waals surface area contributed by atoms with Gasteiger partial charge in [0.1, 0.15) is 0 Å². The average Bonchev–Trinajstić information content (AvgIpc) is 3.21. The van der Waals surface area contributed by atoms with Gasteiger partial charge in [0.25, 0.3) is 5.91 Å². The number of nitrogens with zero attached hydrogens (tertiary/aromatic N) is 1. The van der Waals surface area contributed by atoms with E-state index in [4.69, 9.17) is 10.2 Å². The number of aromatic nitrogens is 1. The van der Waals surface area contributed by atoms with Gasteiger partial charge in [-0.05, 0) is 25.7 Å². The Balaban J connectivity index is 0.00000132. The summed E-state index contributed by atoms with van der Waals surface area (Å²) in [5.74, 6) is 0.786. The smallest absolute Gasteiger partial charge is 0.274 e. The lowest BCUT2D eigenvalue weighted by Crippen LogP contribution is -2.42. The van der Waals surface area contributed by atoms with Crippen molar-refractivity contribution in [1.29, 1.82) is 0 Å². The van der Waals surface area contributed by atoms with E-state index in [-0.39, 0.29) is 36.8 Å². The van der Waals surface area contributed by atoms with Crippen LogP contribution in [0.4, 0.5) is 0 Å². The number of benzene rings is 1. The highest BCUT2D eigenvalue weighted by Crippen LogP contribution is 2.32. The Hall–Kier alpha value is -1.56. The second-order valence-electron chi connectivity index (χ2n) is 5.55. The van der Waals surface area contributed by atoms with Crippen molar-refractivity contribution in [2.45, 2.75) is 25.8 Å². The van der Waals surface area contributed by atoms with Crippen molar-refractivity contribution < 1.29 is 9.21 Å². The summed E-state index contributed by atoms with van der Waals surface area (Å²) < 4.78 is 5.40. The largest absolute Gasteiger partial charge is 0.443 e. The zero-order valence-electron chi connectivity index (χ0n) is 12.8. The predicted molar refractivity (Wildman–Crippen MR) is 94.2 cm³/mol. The fraction of sp³-hybridized carbons (Fsp3) is 0.375. The van der Waals surface area contributed by atoms with Gasteiger partial charge in [-0.3, -0.25) is 4.79 Å². The fourth-order valence-corrected chi connectivity index (χ4v) is 2.42. The number of aryl methyl sites for hydroxylation is 1. The van der Waals surface area contributed by atoms with Gasteiger partial charge in [0.05, 0.1) is 0 Å². The van der Waals surface area contributed by atoms with E-state index >= 15 is 0 Å². The standard InChI is InChI=1S/C16H19N3O2.2ClH/c1-10-2-4-12(5-3-10)15-14(18-9-21-15)16(20)19-13(8-17)11-6-7-11;;/h2-5,9,11,13H,6-8,17H2,1H3,(H,19,20);2*1H. The molecule has 1 saturated carbocycles. The number of carbonyl (C=O) groups excluding carboxylic acids is 1. The fourth-order valence-electron chi connectivity index (χ4n) is 2.42. The van der Waals surface area contributed by atoms with Crippen molar-refractivity contribution in [1.82, 2.24) is 10.3 Å². The summed E-state index contributed by atoms with van der Waals surface area (Å²) in [6.45, 7) is 2.47. The van der Waals surface area contributed by atoms with Crippen LogP contribution >= 0.6 is 24.8 Å². The molecule has 1 aromatic carbocycles. The summed E-state index contributed by atoms with van der Waals surface area (Å²) in [5, 5.41) is 2.97. The van der Waals surface area contributed by atoms with Gasteiger partial charge in [-0.15, -0.1) is 24.8 Å². The minimum absolute atomic E-state index is 0. The molecular formula is C16H21Cl2N3O2. The Kier molecular flexibility index (Phi) is 7.06. The van der Waals surface area contributed by atoms with Gasteiger partial charge in [0.15, 0.2) is 17.8 Å². The van der Waals surface area contributed by atoms with Crippen LogP contribution in [0.15, 0.2) is 35.1 Å². The van der Waals surface area contributed by atoms with Gasteiger partial charge in [-0.1, -0.05) is 29.8 Å². The zero-order chi connectivity index (χ0) is 14.8. The summed E-state index contributed by atoms with van der Waals surface area (Å²) in [6, 6.07) is 7.83. The van der Waals surface area contributed by atoms with E-state index in [9.17, 15) is 4.79 Å². The number of nitrogens with one attached hydrogen (secondary N) is 1. The molecule has 1 unspecified atom stereocenters. The molecule has 0 bridgehead atoms. The number of hydrogen-bond acceptors (Lipinski definition) is 4. The molecule has 1 heterocycles. The van der Waals surface area contributed by atoms with Crippen molar-refractivity contribution in [3.8, 4) is 11.3 Å². The monoisotopic (exact) mass is 357 g/mol. The molecule has 3 rings (SSSR count). The zero-order valence-corrected chi connectivity index (χ0v) is 14.5. The van der Waals surface area contributed by atoms with Crippen LogP contribution in [0.5, 0.6) is 0 Å². The molecule has 3 N–H and O–H groups in total. The molecule has 1 amide bonds. The number of amides is 1. The van der Waals surface area contributed by atoms with Gasteiger partial charge < -0.3 is 15.5 Å². The first-order valence-electron chi connectivity index (χ1n) is 7.20. The number of oxazole rings is 1. The molecule has 0 radical (unpaired) electrons. The maximum absolute atomic E-state index is 12.4. The third-order valence-electron chi connectivity index (χ3n) is 3.86. The molecule has 1 atom stereocenters. The molecule has 1 aliphatic rings. The average molecular weight is 358 g/mol. The van der Waals surface area contributed by atoms with Crippen molar-refractivity contribution >= 4 is 30.7 Å². The van der Waals surface area contributed by atoms with Gasteiger partial charge in [-0.25, -0.2) is 4.98 Å². The van der Waals surface area contributed by atoms with Gasteiger partial charge in [0.2, 0.25) is 0 Å². The number of halogens is 2. The SMILES string of the molecule is Cc1ccc(-c2ocnc2C(=O)NC(CN)C2CC2)cc1.Cl.Cl. The van der Waals surface area contributed by atoms with E-state index in [1.165, 1.54) is 6.39 Å². The van der Waals surface area contributed by atoms with E-state index in [1.54, 1.807) is 0 Å². The maximum Gasteiger partial charge on any atom is 0.274 e. The Labute approximate surface area is 147 Å². The van der Waals surface area contributed by atoms with Crippen molar-refractivity contribution in [2.75, 3.05) is 6.54 Å². The lowest BCUT2D eigenvalue weighted by molar-refractivity contribution is 0.0929. The van der Waals surface area contributed by atoms with Gasteiger partial charge in [0, 0.05) is 18.2 Å².